The van der Waals surface area contributed by atoms with Gasteiger partial charge in [-0.15, -0.1) is 0 Å². The van der Waals surface area contributed by atoms with Crippen LogP contribution in [0.25, 0.3) is 0 Å². The summed E-state index contributed by atoms with van der Waals surface area (Å²) in [6, 6.07) is 3.59. The number of aliphatic carboxylic acids is 1. The Balaban J connectivity index is 1.55. The first kappa shape index (κ1) is 27.7. The van der Waals surface area contributed by atoms with Crippen LogP contribution in [0.2, 0.25) is 5.02 Å². The van der Waals surface area contributed by atoms with Gasteiger partial charge in [0, 0.05) is 11.8 Å². The van der Waals surface area contributed by atoms with Crippen LogP contribution in [0.15, 0.2) is 30.6 Å². The zero-order chi connectivity index (χ0) is 27.6. The first-order chi connectivity index (χ1) is 18.0. The lowest BCUT2D eigenvalue weighted by Gasteiger charge is -2.38. The molecular weight excluding hydrogens is 538 g/mol. The predicted octanol–water partition coefficient (Wildman–Crippen LogP) is 1.65. The monoisotopic (exact) mass is 560 g/mol. The molecule has 1 aliphatic carbocycles. The van der Waals surface area contributed by atoms with Crippen molar-refractivity contribution in [3.63, 3.8) is 0 Å². The summed E-state index contributed by atoms with van der Waals surface area (Å²) < 4.78 is 46.2. The van der Waals surface area contributed by atoms with Gasteiger partial charge in [0.15, 0.2) is 23.4 Å². The number of carbonyl (C=O) groups is 2. The maximum atomic E-state index is 13.0. The highest BCUT2D eigenvalue weighted by Crippen LogP contribution is 2.36. The normalized spacial score (nSPS) is 25.1. The van der Waals surface area contributed by atoms with Crippen LogP contribution < -0.4 is 19.5 Å². The number of halogens is 3. The fourth-order valence-corrected chi connectivity index (χ4v) is 3.73. The summed E-state index contributed by atoms with van der Waals surface area (Å²) in [5.74, 6) is -2.68. The molecule has 12 nitrogen and oxygen atoms in total. The van der Waals surface area contributed by atoms with Crippen LogP contribution in [-0.4, -0.2) is 81.2 Å². The van der Waals surface area contributed by atoms with Crippen molar-refractivity contribution in [2.75, 3.05) is 11.9 Å². The molecule has 15 heteroatoms. The van der Waals surface area contributed by atoms with Gasteiger partial charge < -0.3 is 44.7 Å². The van der Waals surface area contributed by atoms with E-state index in [0.29, 0.717) is 5.92 Å². The Morgan fingerprint density at radius 2 is 1.84 bits per heavy atom. The van der Waals surface area contributed by atoms with E-state index in [1.54, 1.807) is 0 Å². The van der Waals surface area contributed by atoms with E-state index in [9.17, 15) is 38.8 Å². The third-order valence-corrected chi connectivity index (χ3v) is 6.04. The molecule has 0 unspecified atom stereocenters. The summed E-state index contributed by atoms with van der Waals surface area (Å²) in [6.45, 7) is -2.84. The van der Waals surface area contributed by atoms with Gasteiger partial charge in [0.1, 0.15) is 24.0 Å². The van der Waals surface area contributed by atoms with Crippen LogP contribution in [0.3, 0.4) is 0 Å². The van der Waals surface area contributed by atoms with Crippen LogP contribution in [0.1, 0.15) is 23.2 Å². The molecule has 2 aromatic rings. The minimum Gasteiger partial charge on any atom is -0.489 e. The van der Waals surface area contributed by atoms with Crippen molar-refractivity contribution in [1.82, 2.24) is 4.98 Å². The molecule has 0 radical (unpaired) electrons. The number of pyridine rings is 1. The molecule has 2 heterocycles. The maximum Gasteiger partial charge on any atom is 0.387 e. The lowest BCUT2D eigenvalue weighted by molar-refractivity contribution is -0.271. The highest BCUT2D eigenvalue weighted by molar-refractivity contribution is 6.34. The number of nitrogens with one attached hydrogen (secondary N) is 1. The van der Waals surface area contributed by atoms with E-state index < -0.39 is 49.2 Å². The highest BCUT2D eigenvalue weighted by Gasteiger charge is 2.48. The summed E-state index contributed by atoms with van der Waals surface area (Å²) in [7, 11) is 0. The fourth-order valence-electron chi connectivity index (χ4n) is 3.54. The van der Waals surface area contributed by atoms with Crippen molar-refractivity contribution in [1.29, 1.82) is 0 Å². The number of aliphatic hydroxyl groups is 3. The van der Waals surface area contributed by atoms with Crippen LogP contribution >= 0.6 is 11.6 Å². The second kappa shape index (κ2) is 11.6. The number of alkyl halides is 2. The van der Waals surface area contributed by atoms with Gasteiger partial charge in [0.2, 0.25) is 6.29 Å². The zero-order valence-electron chi connectivity index (χ0n) is 19.4. The first-order valence-electron chi connectivity index (χ1n) is 11.3. The van der Waals surface area contributed by atoms with Gasteiger partial charge >= 0.3 is 12.6 Å². The Hall–Kier alpha value is -3.30. The zero-order valence-corrected chi connectivity index (χ0v) is 20.1. The van der Waals surface area contributed by atoms with Gasteiger partial charge in [-0.1, -0.05) is 11.6 Å². The van der Waals surface area contributed by atoms with Gasteiger partial charge in [-0.3, -0.25) is 9.78 Å². The molecule has 2 aliphatic rings. The quantitative estimate of drug-likeness (QED) is 0.285. The van der Waals surface area contributed by atoms with Crippen molar-refractivity contribution in [2.24, 2.45) is 5.92 Å². The number of rotatable bonds is 10. The molecule has 4 rings (SSSR count). The number of amides is 1. The Labute approximate surface area is 218 Å². The fraction of sp³-hybridized carbons (Fsp3) is 0.435. The largest absolute Gasteiger partial charge is 0.489 e. The van der Waals surface area contributed by atoms with Crippen LogP contribution in [0.5, 0.6) is 17.2 Å². The number of hydrogen-bond acceptors (Lipinski definition) is 10. The minimum absolute atomic E-state index is 0.0188. The van der Waals surface area contributed by atoms with Gasteiger partial charge in [-0.05, 0) is 37.0 Å². The van der Waals surface area contributed by atoms with Crippen molar-refractivity contribution >= 4 is 29.2 Å². The number of aromatic nitrogens is 1. The second-order valence-corrected chi connectivity index (χ2v) is 9.00. The molecule has 5 N–H and O–H groups in total. The molecule has 0 spiro atoms. The number of ether oxygens (including phenoxy) is 4. The molecule has 5 atom stereocenters. The van der Waals surface area contributed by atoms with Gasteiger partial charge in [-0.25, -0.2) is 4.79 Å². The number of nitrogens with zero attached hydrogens (tertiary/aromatic N) is 1. The molecular formula is C23H23ClF2N2O10. The van der Waals surface area contributed by atoms with E-state index in [1.807, 2.05) is 0 Å². The first-order valence-corrected chi connectivity index (χ1v) is 11.7. The molecule has 1 amide bonds. The van der Waals surface area contributed by atoms with E-state index in [4.69, 9.17) is 25.8 Å². The van der Waals surface area contributed by atoms with E-state index >= 15 is 0 Å². The highest BCUT2D eigenvalue weighted by atomic mass is 35.5. The molecule has 1 saturated heterocycles. The number of carboxylic acid groups (broad SMARTS) is 1. The molecule has 38 heavy (non-hydrogen) atoms. The molecule has 1 aromatic heterocycles. The van der Waals surface area contributed by atoms with E-state index in [2.05, 4.69) is 15.0 Å². The Bertz CT molecular complexity index is 1180. The number of benzene rings is 1. The Morgan fingerprint density at radius 3 is 2.50 bits per heavy atom. The van der Waals surface area contributed by atoms with Crippen LogP contribution in [0.4, 0.5) is 14.5 Å². The lowest BCUT2D eigenvalue weighted by atomic mass is 9.99. The SMILES string of the molecule is O=C(Nc1c(Cl)cncc1O[C@@H]1O[C@H](C(=O)O)[C@@H](O)[C@H](O)[C@H]1O)c1ccc(OC(F)F)c(OCC2CC2)c1. The van der Waals surface area contributed by atoms with E-state index in [-0.39, 0.29) is 40.1 Å². The topological polar surface area (TPSA) is 177 Å². The van der Waals surface area contributed by atoms with Gasteiger partial charge in [0.25, 0.3) is 5.91 Å². The Kier molecular flexibility index (Phi) is 8.47. The standard InChI is InChI=1S/C23H23ClF2N2O10/c24-11-6-27-7-14(36-22-18(31)16(29)17(30)19(38-22)21(33)34)15(11)28-20(32)10-3-4-12(37-23(25)26)13(5-10)35-8-9-1-2-9/h3-7,9,16-19,22-23,29-31H,1-2,8H2,(H,33,34)(H,27,28,32)/t16-,17-,18+,19-,22+/m0/s1. The summed E-state index contributed by atoms with van der Waals surface area (Å²) >= 11 is 6.18. The summed E-state index contributed by atoms with van der Waals surface area (Å²) in [4.78, 5) is 28.2. The summed E-state index contributed by atoms with van der Waals surface area (Å²) in [6.07, 6.45) is -5.34. The van der Waals surface area contributed by atoms with Crippen molar-refractivity contribution in [3.05, 3.63) is 41.2 Å². The third-order valence-electron chi connectivity index (χ3n) is 5.75. The van der Waals surface area contributed by atoms with Crippen molar-refractivity contribution < 1.29 is 57.7 Å². The molecule has 1 aliphatic heterocycles. The minimum atomic E-state index is -3.11. The van der Waals surface area contributed by atoms with Crippen molar-refractivity contribution in [3.8, 4) is 17.2 Å². The maximum absolute atomic E-state index is 13.0. The molecule has 1 saturated carbocycles. The summed E-state index contributed by atoms with van der Waals surface area (Å²) in [5, 5.41) is 41.7. The number of carbonyl (C=O) groups excluding carboxylic acids is 1. The lowest BCUT2D eigenvalue weighted by Crippen LogP contribution is -2.61. The number of aliphatic hydroxyl groups excluding tert-OH is 3. The average Bonchev–Trinajstić information content (AvgIpc) is 3.69. The Morgan fingerprint density at radius 1 is 1.11 bits per heavy atom. The smallest absolute Gasteiger partial charge is 0.387 e. The number of hydrogen-bond donors (Lipinski definition) is 5. The van der Waals surface area contributed by atoms with E-state index in [1.165, 1.54) is 12.1 Å². The number of carboxylic acids is 1. The van der Waals surface area contributed by atoms with E-state index in [0.717, 1.165) is 31.3 Å². The molecule has 1 aromatic carbocycles. The van der Waals surface area contributed by atoms with Crippen LogP contribution in [0, 0.1) is 5.92 Å². The van der Waals surface area contributed by atoms with Gasteiger partial charge in [-0.2, -0.15) is 8.78 Å². The second-order valence-electron chi connectivity index (χ2n) is 8.60. The average molecular weight is 561 g/mol. The molecule has 206 valence electrons. The number of anilines is 1. The van der Waals surface area contributed by atoms with Crippen LogP contribution in [-0.2, 0) is 9.53 Å². The summed E-state index contributed by atoms with van der Waals surface area (Å²) in [5.41, 5.74) is -0.182. The third kappa shape index (κ3) is 6.39. The van der Waals surface area contributed by atoms with Gasteiger partial charge in [0.05, 0.1) is 17.8 Å². The van der Waals surface area contributed by atoms with Crippen molar-refractivity contribution in [2.45, 2.75) is 50.2 Å². The predicted molar refractivity (Wildman–Crippen MR) is 123 cm³/mol. The molecule has 2 fully saturated rings. The molecule has 0 bridgehead atoms.